The second kappa shape index (κ2) is 11.4. The molecule has 212 valence electrons. The molecule has 1 fully saturated rings. The molecule has 1 amide bonds. The van der Waals surface area contributed by atoms with Gasteiger partial charge in [-0.25, -0.2) is 9.67 Å². The van der Waals surface area contributed by atoms with Crippen LogP contribution in [0.2, 0.25) is 0 Å². The van der Waals surface area contributed by atoms with Crippen LogP contribution >= 0.6 is 0 Å². The number of rotatable bonds is 7. The number of amides is 1. The fraction of sp³-hybridized carbons (Fsp3) is 0.364. The van der Waals surface area contributed by atoms with Gasteiger partial charge in [-0.05, 0) is 49.9 Å². The first-order valence-corrected chi connectivity index (χ1v) is 14.5. The van der Waals surface area contributed by atoms with Crippen molar-refractivity contribution < 1.29 is 14.6 Å². The molecule has 2 aromatic carbocycles. The zero-order chi connectivity index (χ0) is 28.5. The number of nitrogens with one attached hydrogen (secondary N) is 1. The fourth-order valence-electron chi connectivity index (χ4n) is 6.13. The number of fused-ring (bicyclic) bond motifs is 1. The van der Waals surface area contributed by atoms with Crippen LogP contribution in [-0.2, 0) is 4.79 Å². The second-order valence-electron chi connectivity index (χ2n) is 11.3. The van der Waals surface area contributed by atoms with E-state index in [4.69, 9.17) is 9.84 Å². The molecule has 0 unspecified atom stereocenters. The van der Waals surface area contributed by atoms with Gasteiger partial charge in [-0.15, -0.1) is 0 Å². The Balaban J connectivity index is 1.34. The first-order chi connectivity index (χ1) is 19.9. The number of carbonyl (C=O) groups excluding carboxylic acids is 1. The molecule has 8 heteroatoms. The zero-order valence-electron chi connectivity index (χ0n) is 23.8. The monoisotopic (exact) mass is 551 g/mol. The SMILES string of the molecule is CC(C)Oc1ccc(N2CCC(c3nn(C(c4ccccc4)c4ccccc4)c4c3[C@H](C)[C@@H](O)C(=O)N4)CC2)nc1. The number of hydrogen-bond donors (Lipinski definition) is 2. The normalized spacial score (nSPS) is 19.4. The topological polar surface area (TPSA) is 92.5 Å². The highest BCUT2D eigenvalue weighted by Crippen LogP contribution is 2.44. The van der Waals surface area contributed by atoms with Crippen molar-refractivity contribution in [1.29, 1.82) is 0 Å². The minimum absolute atomic E-state index is 0.109. The summed E-state index contributed by atoms with van der Waals surface area (Å²) in [6.45, 7) is 7.62. The number of piperidine rings is 1. The smallest absolute Gasteiger partial charge is 0.254 e. The lowest BCUT2D eigenvalue weighted by atomic mass is 9.84. The second-order valence-corrected chi connectivity index (χ2v) is 11.3. The molecule has 0 spiro atoms. The number of ether oxygens (including phenoxy) is 1. The summed E-state index contributed by atoms with van der Waals surface area (Å²) in [5.74, 6) is 1.85. The van der Waals surface area contributed by atoms with Crippen LogP contribution < -0.4 is 15.0 Å². The summed E-state index contributed by atoms with van der Waals surface area (Å²) in [4.78, 5) is 19.8. The number of pyridine rings is 1. The van der Waals surface area contributed by atoms with E-state index in [0.29, 0.717) is 5.82 Å². The van der Waals surface area contributed by atoms with Gasteiger partial charge < -0.3 is 20.1 Å². The molecule has 0 bridgehead atoms. The molecule has 2 aliphatic heterocycles. The Kier molecular flexibility index (Phi) is 7.49. The highest BCUT2D eigenvalue weighted by Gasteiger charge is 2.40. The van der Waals surface area contributed by atoms with E-state index >= 15 is 0 Å². The number of hydrogen-bond acceptors (Lipinski definition) is 6. The van der Waals surface area contributed by atoms with Crippen molar-refractivity contribution in [3.63, 3.8) is 0 Å². The summed E-state index contributed by atoms with van der Waals surface area (Å²) >= 11 is 0. The van der Waals surface area contributed by atoms with Crippen LogP contribution in [0.3, 0.4) is 0 Å². The summed E-state index contributed by atoms with van der Waals surface area (Å²) in [7, 11) is 0. The van der Waals surface area contributed by atoms with Gasteiger partial charge in [0.25, 0.3) is 5.91 Å². The van der Waals surface area contributed by atoms with Crippen LogP contribution in [0, 0.1) is 0 Å². The fourth-order valence-corrected chi connectivity index (χ4v) is 6.13. The lowest BCUT2D eigenvalue weighted by molar-refractivity contribution is -0.125. The third-order valence-electron chi connectivity index (χ3n) is 8.19. The van der Waals surface area contributed by atoms with E-state index in [1.165, 1.54) is 0 Å². The summed E-state index contributed by atoms with van der Waals surface area (Å²) in [6.07, 6.45) is 2.58. The van der Waals surface area contributed by atoms with E-state index in [1.807, 2.05) is 74.0 Å². The number of aliphatic hydroxyl groups is 1. The van der Waals surface area contributed by atoms with E-state index in [9.17, 15) is 9.90 Å². The minimum Gasteiger partial charge on any atom is -0.489 e. The molecule has 2 aliphatic rings. The lowest BCUT2D eigenvalue weighted by Gasteiger charge is -2.33. The number of anilines is 2. The lowest BCUT2D eigenvalue weighted by Crippen LogP contribution is -2.38. The van der Waals surface area contributed by atoms with Gasteiger partial charge in [-0.2, -0.15) is 5.10 Å². The number of nitrogens with zero attached hydrogens (tertiary/aromatic N) is 4. The first kappa shape index (κ1) is 27.0. The van der Waals surface area contributed by atoms with Crippen molar-refractivity contribution in [1.82, 2.24) is 14.8 Å². The van der Waals surface area contributed by atoms with E-state index in [1.54, 1.807) is 6.20 Å². The molecule has 6 rings (SSSR count). The van der Waals surface area contributed by atoms with Gasteiger partial charge in [0.1, 0.15) is 29.5 Å². The maximum atomic E-state index is 12.9. The molecule has 4 heterocycles. The summed E-state index contributed by atoms with van der Waals surface area (Å²) in [5.41, 5.74) is 4.07. The van der Waals surface area contributed by atoms with Gasteiger partial charge >= 0.3 is 0 Å². The van der Waals surface area contributed by atoms with Crippen LogP contribution in [0.1, 0.15) is 73.9 Å². The maximum Gasteiger partial charge on any atom is 0.254 e. The van der Waals surface area contributed by atoms with Crippen molar-refractivity contribution in [2.45, 2.75) is 63.7 Å². The minimum atomic E-state index is -1.11. The summed E-state index contributed by atoms with van der Waals surface area (Å²) in [5, 5.41) is 19.1. The van der Waals surface area contributed by atoms with Gasteiger partial charge in [0, 0.05) is 30.5 Å². The van der Waals surface area contributed by atoms with E-state index in [2.05, 4.69) is 39.5 Å². The number of aliphatic hydroxyl groups excluding tert-OH is 1. The molecule has 41 heavy (non-hydrogen) atoms. The Morgan fingerprint density at radius 1 is 0.951 bits per heavy atom. The highest BCUT2D eigenvalue weighted by atomic mass is 16.5. The average Bonchev–Trinajstić information content (AvgIpc) is 3.36. The van der Waals surface area contributed by atoms with Crippen LogP contribution in [0.4, 0.5) is 11.6 Å². The Bertz CT molecular complexity index is 1440. The van der Waals surface area contributed by atoms with Crippen molar-refractivity contribution in [3.8, 4) is 5.75 Å². The number of carbonyl (C=O) groups is 1. The van der Waals surface area contributed by atoms with Crippen molar-refractivity contribution in [3.05, 3.63) is 101 Å². The molecule has 2 N–H and O–H groups in total. The first-order valence-electron chi connectivity index (χ1n) is 14.5. The number of benzene rings is 2. The Labute approximate surface area is 241 Å². The third kappa shape index (κ3) is 5.32. The molecule has 8 nitrogen and oxygen atoms in total. The molecule has 0 aliphatic carbocycles. The summed E-state index contributed by atoms with van der Waals surface area (Å²) in [6, 6.07) is 24.3. The van der Waals surface area contributed by atoms with E-state index in [0.717, 1.165) is 59.9 Å². The van der Waals surface area contributed by atoms with Gasteiger partial charge in [0.2, 0.25) is 0 Å². The van der Waals surface area contributed by atoms with Gasteiger partial charge in [0.15, 0.2) is 0 Å². The zero-order valence-corrected chi connectivity index (χ0v) is 23.8. The maximum absolute atomic E-state index is 12.9. The predicted octanol–water partition coefficient (Wildman–Crippen LogP) is 5.50. The third-order valence-corrected chi connectivity index (χ3v) is 8.19. The number of aromatic nitrogens is 3. The average molecular weight is 552 g/mol. The standard InChI is InChI=1S/C33H37N5O3/c1-21(2)41-26-14-15-27(34-20-26)37-18-16-23(17-19-37)29-28-22(3)31(39)33(40)35-32(28)38(36-29)30(24-10-6-4-7-11-24)25-12-8-5-9-13-25/h4-15,20-23,30-31,39H,16-19H2,1-3H3,(H,35,40)/t22-,31+/m0/s1. The van der Waals surface area contributed by atoms with Gasteiger partial charge in [-0.1, -0.05) is 67.6 Å². The molecule has 0 radical (unpaired) electrons. The van der Waals surface area contributed by atoms with Gasteiger partial charge in [0.05, 0.1) is 18.0 Å². The molecule has 2 atom stereocenters. The van der Waals surface area contributed by atoms with Crippen LogP contribution in [0.5, 0.6) is 5.75 Å². The predicted molar refractivity (Wildman–Crippen MR) is 160 cm³/mol. The van der Waals surface area contributed by atoms with Crippen LogP contribution in [-0.4, -0.2) is 51.1 Å². The van der Waals surface area contributed by atoms with Crippen molar-refractivity contribution in [2.24, 2.45) is 0 Å². The Hall–Kier alpha value is -4.17. The van der Waals surface area contributed by atoms with Crippen molar-refractivity contribution >= 4 is 17.5 Å². The van der Waals surface area contributed by atoms with E-state index < -0.39 is 6.10 Å². The largest absolute Gasteiger partial charge is 0.489 e. The highest BCUT2D eigenvalue weighted by molar-refractivity contribution is 5.97. The summed E-state index contributed by atoms with van der Waals surface area (Å²) < 4.78 is 7.72. The molecule has 2 aromatic heterocycles. The Morgan fingerprint density at radius 3 is 2.15 bits per heavy atom. The van der Waals surface area contributed by atoms with Crippen molar-refractivity contribution in [2.75, 3.05) is 23.3 Å². The molecular formula is C33H37N5O3. The van der Waals surface area contributed by atoms with E-state index in [-0.39, 0.29) is 29.9 Å². The van der Waals surface area contributed by atoms with Gasteiger partial charge in [-0.3, -0.25) is 4.79 Å². The molecule has 4 aromatic rings. The molecule has 0 saturated carbocycles. The molecule has 1 saturated heterocycles. The quantitative estimate of drug-likeness (QED) is 0.315. The Morgan fingerprint density at radius 2 is 1.59 bits per heavy atom. The molecular weight excluding hydrogens is 514 g/mol. The van der Waals surface area contributed by atoms with Crippen LogP contribution in [0.25, 0.3) is 0 Å². The van der Waals surface area contributed by atoms with Crippen LogP contribution in [0.15, 0.2) is 79.0 Å².